The Labute approximate surface area is 146 Å². The van der Waals surface area contributed by atoms with Gasteiger partial charge in [0, 0.05) is 50.7 Å². The van der Waals surface area contributed by atoms with Gasteiger partial charge in [-0.1, -0.05) is 0 Å². The highest BCUT2D eigenvalue weighted by molar-refractivity contribution is 5.93. The van der Waals surface area contributed by atoms with Gasteiger partial charge in [0.15, 0.2) is 0 Å². The van der Waals surface area contributed by atoms with Crippen LogP contribution in [0.4, 0.5) is 11.8 Å². The molecule has 7 nitrogen and oxygen atoms in total. The zero-order valence-corrected chi connectivity index (χ0v) is 14.1. The molecule has 1 fully saturated rings. The molecule has 0 aromatic carbocycles. The van der Waals surface area contributed by atoms with Crippen LogP contribution in [0, 0.1) is 0 Å². The van der Waals surface area contributed by atoms with Gasteiger partial charge in [0.05, 0.1) is 0 Å². The zero-order chi connectivity index (χ0) is 17.2. The van der Waals surface area contributed by atoms with Crippen molar-refractivity contribution in [3.63, 3.8) is 0 Å². The Kier molecular flexibility index (Phi) is 4.21. The van der Waals surface area contributed by atoms with Crippen LogP contribution in [0.15, 0.2) is 24.5 Å². The molecule has 0 aliphatic carbocycles. The molecular weight excluding hydrogens is 318 g/mol. The maximum absolute atomic E-state index is 11.7. The van der Waals surface area contributed by atoms with Crippen LogP contribution in [0.25, 0.3) is 0 Å². The number of carboxylic acids is 1. The third-order valence-electron chi connectivity index (χ3n) is 4.91. The first-order valence-corrected chi connectivity index (χ1v) is 8.75. The molecule has 25 heavy (non-hydrogen) atoms. The monoisotopic (exact) mass is 339 g/mol. The number of aromatic carboxylic acids is 1. The van der Waals surface area contributed by atoms with E-state index in [1.165, 1.54) is 0 Å². The first-order chi connectivity index (χ1) is 12.2. The number of fused-ring (bicyclic) bond motifs is 1. The lowest BCUT2D eigenvalue weighted by molar-refractivity contribution is 0.0697. The van der Waals surface area contributed by atoms with Crippen LogP contribution in [0.2, 0.25) is 0 Å². The summed E-state index contributed by atoms with van der Waals surface area (Å²) in [5.74, 6) is 0.450. The van der Waals surface area contributed by atoms with E-state index >= 15 is 0 Å². The molecule has 0 bridgehead atoms. The summed E-state index contributed by atoms with van der Waals surface area (Å²) in [6, 6.07) is 3.63. The summed E-state index contributed by atoms with van der Waals surface area (Å²) >= 11 is 0. The molecule has 130 valence electrons. The van der Waals surface area contributed by atoms with Crippen molar-refractivity contribution in [3.8, 4) is 0 Å². The predicted octanol–water partition coefficient (Wildman–Crippen LogP) is 1.78. The van der Waals surface area contributed by atoms with Crippen LogP contribution in [0.3, 0.4) is 0 Å². The zero-order valence-electron chi connectivity index (χ0n) is 14.1. The molecule has 0 spiro atoms. The highest BCUT2D eigenvalue weighted by Crippen LogP contribution is 2.27. The minimum Gasteiger partial charge on any atom is -0.478 e. The summed E-state index contributed by atoms with van der Waals surface area (Å²) in [6.07, 6.45) is 7.20. The Morgan fingerprint density at radius 1 is 1.00 bits per heavy atom. The van der Waals surface area contributed by atoms with Gasteiger partial charge in [-0.05, 0) is 37.0 Å². The highest BCUT2D eigenvalue weighted by Gasteiger charge is 2.25. The lowest BCUT2D eigenvalue weighted by atomic mass is 10.1. The van der Waals surface area contributed by atoms with E-state index in [9.17, 15) is 9.90 Å². The maximum Gasteiger partial charge on any atom is 0.339 e. The smallest absolute Gasteiger partial charge is 0.339 e. The maximum atomic E-state index is 11.7. The van der Waals surface area contributed by atoms with Gasteiger partial charge in [-0.2, -0.15) is 0 Å². The summed E-state index contributed by atoms with van der Waals surface area (Å²) in [4.78, 5) is 29.4. The molecule has 7 heteroatoms. The number of rotatable bonds is 3. The van der Waals surface area contributed by atoms with Crippen LogP contribution in [0.1, 0.15) is 34.5 Å². The number of hydrogen-bond acceptors (Lipinski definition) is 6. The Morgan fingerprint density at radius 2 is 1.72 bits per heavy atom. The van der Waals surface area contributed by atoms with E-state index in [-0.39, 0.29) is 0 Å². The minimum absolute atomic E-state index is 0.324. The predicted molar refractivity (Wildman–Crippen MR) is 94.3 cm³/mol. The van der Waals surface area contributed by atoms with Crippen molar-refractivity contribution >= 4 is 17.7 Å². The van der Waals surface area contributed by atoms with Gasteiger partial charge in [0.2, 0.25) is 5.95 Å². The van der Waals surface area contributed by atoms with Crippen LogP contribution in [0.5, 0.6) is 0 Å². The Hall–Kier alpha value is -2.70. The quantitative estimate of drug-likeness (QED) is 0.912. The lowest BCUT2D eigenvalue weighted by Gasteiger charge is -2.20. The van der Waals surface area contributed by atoms with E-state index in [0.29, 0.717) is 17.3 Å². The van der Waals surface area contributed by atoms with Gasteiger partial charge in [-0.3, -0.25) is 0 Å². The average Bonchev–Trinajstić information content (AvgIpc) is 3.09. The van der Waals surface area contributed by atoms with E-state index in [2.05, 4.69) is 19.8 Å². The summed E-state index contributed by atoms with van der Waals surface area (Å²) in [7, 11) is 0. The first kappa shape index (κ1) is 15.8. The number of pyridine rings is 1. The van der Waals surface area contributed by atoms with Crippen molar-refractivity contribution < 1.29 is 9.90 Å². The van der Waals surface area contributed by atoms with E-state index in [1.807, 2.05) is 6.07 Å². The molecule has 4 heterocycles. The molecule has 2 aliphatic heterocycles. The van der Waals surface area contributed by atoms with E-state index in [0.717, 1.165) is 63.1 Å². The molecule has 0 saturated carbocycles. The number of aromatic nitrogens is 3. The number of nitrogens with zero attached hydrogens (tertiary/aromatic N) is 5. The number of carbonyl (C=O) groups is 1. The summed E-state index contributed by atoms with van der Waals surface area (Å²) < 4.78 is 0. The summed E-state index contributed by atoms with van der Waals surface area (Å²) in [5.41, 5.74) is 2.36. The molecule has 1 N–H and O–H groups in total. The fourth-order valence-corrected chi connectivity index (χ4v) is 3.60. The van der Waals surface area contributed by atoms with Gasteiger partial charge >= 0.3 is 5.97 Å². The van der Waals surface area contributed by atoms with Crippen molar-refractivity contribution in [1.82, 2.24) is 15.0 Å². The molecule has 2 aliphatic rings. The average molecular weight is 339 g/mol. The molecule has 2 aromatic heterocycles. The van der Waals surface area contributed by atoms with Crippen LogP contribution in [-0.2, 0) is 12.8 Å². The Morgan fingerprint density at radius 3 is 2.44 bits per heavy atom. The van der Waals surface area contributed by atoms with Gasteiger partial charge in [0.25, 0.3) is 0 Å². The molecule has 0 amide bonds. The third kappa shape index (κ3) is 3.14. The molecular formula is C18H21N5O2. The van der Waals surface area contributed by atoms with Gasteiger partial charge in [-0.15, -0.1) is 0 Å². The molecule has 0 unspecified atom stereocenters. The molecule has 0 atom stereocenters. The van der Waals surface area contributed by atoms with Crippen LogP contribution >= 0.6 is 0 Å². The molecule has 1 saturated heterocycles. The van der Waals surface area contributed by atoms with Crippen LogP contribution < -0.4 is 9.80 Å². The Balaban J connectivity index is 1.65. The van der Waals surface area contributed by atoms with Gasteiger partial charge < -0.3 is 14.9 Å². The Bertz CT molecular complexity index is 775. The SMILES string of the molecule is O=C(O)c1cc2c(nc1N1CCCC1)CCN(c1ncccn1)CC2. The van der Waals surface area contributed by atoms with Crippen molar-refractivity contribution in [2.75, 3.05) is 36.0 Å². The van der Waals surface area contributed by atoms with Crippen molar-refractivity contribution in [2.45, 2.75) is 25.7 Å². The summed E-state index contributed by atoms with van der Waals surface area (Å²) in [5, 5.41) is 9.63. The second-order valence-electron chi connectivity index (χ2n) is 6.50. The fraction of sp³-hybridized carbons (Fsp3) is 0.444. The second-order valence-corrected chi connectivity index (χ2v) is 6.50. The van der Waals surface area contributed by atoms with Crippen molar-refractivity contribution in [3.05, 3.63) is 41.3 Å². The normalized spacial score (nSPS) is 17.3. The summed E-state index contributed by atoms with van der Waals surface area (Å²) in [6.45, 7) is 3.32. The van der Waals surface area contributed by atoms with Crippen LogP contribution in [-0.4, -0.2) is 52.2 Å². The van der Waals surface area contributed by atoms with Crippen molar-refractivity contribution in [1.29, 1.82) is 0 Å². The largest absolute Gasteiger partial charge is 0.478 e. The molecule has 4 rings (SSSR count). The second kappa shape index (κ2) is 6.66. The minimum atomic E-state index is -0.898. The number of carboxylic acid groups (broad SMARTS) is 1. The lowest BCUT2D eigenvalue weighted by Crippen LogP contribution is -2.27. The van der Waals surface area contributed by atoms with Gasteiger partial charge in [-0.25, -0.2) is 19.7 Å². The van der Waals surface area contributed by atoms with Crippen molar-refractivity contribution in [2.24, 2.45) is 0 Å². The standard InChI is InChI=1S/C18H21N5O2/c24-17(25)14-12-13-4-10-23(18-19-6-3-7-20-18)11-5-15(13)21-16(14)22-8-1-2-9-22/h3,6-7,12H,1-2,4-5,8-11H2,(H,24,25). The molecule has 2 aromatic rings. The fourth-order valence-electron chi connectivity index (χ4n) is 3.60. The number of anilines is 2. The highest BCUT2D eigenvalue weighted by atomic mass is 16.4. The third-order valence-corrected chi connectivity index (χ3v) is 4.91. The first-order valence-electron chi connectivity index (χ1n) is 8.75. The van der Waals surface area contributed by atoms with Gasteiger partial charge in [0.1, 0.15) is 11.4 Å². The number of hydrogen-bond donors (Lipinski definition) is 1. The molecule has 0 radical (unpaired) electrons. The van der Waals surface area contributed by atoms with E-state index in [4.69, 9.17) is 4.98 Å². The van der Waals surface area contributed by atoms with E-state index < -0.39 is 5.97 Å². The topological polar surface area (TPSA) is 82.5 Å². The van der Waals surface area contributed by atoms with E-state index in [1.54, 1.807) is 18.5 Å².